The molecule has 7 nitrogen and oxygen atoms in total. The summed E-state index contributed by atoms with van der Waals surface area (Å²) < 4.78 is 5.60. The summed E-state index contributed by atoms with van der Waals surface area (Å²) in [6.07, 6.45) is 1.34. The van der Waals surface area contributed by atoms with Gasteiger partial charge in [-0.3, -0.25) is 14.6 Å². The average Bonchev–Trinajstić information content (AvgIpc) is 2.90. The number of hydrogen-bond acceptors (Lipinski definition) is 7. The third-order valence-electron chi connectivity index (χ3n) is 5.70. The third-order valence-corrected chi connectivity index (χ3v) is 5.70. The number of carbonyl (C=O) groups excluding carboxylic acids is 2. The van der Waals surface area contributed by atoms with Gasteiger partial charge in [-0.05, 0) is 33.4 Å². The number of ketones is 1. The molecular weight excluding hydrogens is 336 g/mol. The largest absolute Gasteiger partial charge is 0.460 e. The van der Waals surface area contributed by atoms with E-state index >= 15 is 0 Å². The number of likely N-dealkylation sites (tertiary alicyclic amines) is 1. The minimum absolute atomic E-state index is 0.184. The molecule has 1 aliphatic carbocycles. The minimum Gasteiger partial charge on any atom is -0.460 e. The Morgan fingerprint density at radius 3 is 2.81 bits per heavy atom. The molecule has 2 aliphatic heterocycles. The third kappa shape index (κ3) is 2.14. The topological polar surface area (TPSA) is 99.4 Å². The van der Waals surface area contributed by atoms with Crippen LogP contribution < -0.4 is 0 Å². The number of fused-ring (bicyclic) bond motifs is 3. The van der Waals surface area contributed by atoms with E-state index < -0.39 is 29.0 Å². The van der Waals surface area contributed by atoms with Crippen molar-refractivity contribution in [3.63, 3.8) is 0 Å². The van der Waals surface area contributed by atoms with Crippen LogP contribution in [0.15, 0.2) is 29.3 Å². The quantitative estimate of drug-likeness (QED) is 0.747. The summed E-state index contributed by atoms with van der Waals surface area (Å²) in [7, 11) is 1.95. The first-order valence-electron chi connectivity index (χ1n) is 8.83. The SMILES string of the molecule is CC1=N[C@@]2(O)c3ccccc3C(=O)[C@]2(O)C1C(=O)O[C@@H]1CCCN(C)C1. The molecule has 0 aromatic heterocycles. The average molecular weight is 358 g/mol. The fourth-order valence-electron chi connectivity index (χ4n) is 4.44. The predicted molar refractivity (Wildman–Crippen MR) is 92.8 cm³/mol. The molecular formula is C19H22N2O5. The van der Waals surface area contributed by atoms with Gasteiger partial charge < -0.3 is 19.8 Å². The van der Waals surface area contributed by atoms with Crippen LogP contribution in [-0.4, -0.2) is 64.4 Å². The summed E-state index contributed by atoms with van der Waals surface area (Å²) in [5, 5.41) is 22.3. The fraction of sp³-hybridized carbons (Fsp3) is 0.526. The lowest BCUT2D eigenvalue weighted by atomic mass is 9.79. The normalized spacial score (nSPS) is 36.5. The molecule has 4 rings (SSSR count). The molecule has 1 saturated heterocycles. The van der Waals surface area contributed by atoms with Gasteiger partial charge in [-0.15, -0.1) is 0 Å². The first-order chi connectivity index (χ1) is 12.3. The van der Waals surface area contributed by atoms with Gasteiger partial charge in [0.15, 0.2) is 5.60 Å². The molecule has 1 unspecified atom stereocenters. The number of carbonyl (C=O) groups is 2. The van der Waals surface area contributed by atoms with Crippen LogP contribution in [0, 0.1) is 5.92 Å². The van der Waals surface area contributed by atoms with Gasteiger partial charge in [-0.25, -0.2) is 0 Å². The monoisotopic (exact) mass is 358 g/mol. The van der Waals surface area contributed by atoms with E-state index in [9.17, 15) is 19.8 Å². The zero-order valence-corrected chi connectivity index (χ0v) is 14.8. The summed E-state index contributed by atoms with van der Waals surface area (Å²) in [5.41, 5.74) is -3.91. The van der Waals surface area contributed by atoms with Crippen LogP contribution in [0.5, 0.6) is 0 Å². The van der Waals surface area contributed by atoms with Gasteiger partial charge >= 0.3 is 5.97 Å². The predicted octanol–water partition coefficient (Wildman–Crippen LogP) is 0.487. The van der Waals surface area contributed by atoms with Crippen LogP contribution >= 0.6 is 0 Å². The molecule has 4 atom stereocenters. The first-order valence-corrected chi connectivity index (χ1v) is 8.83. The molecule has 2 N–H and O–H groups in total. The van der Waals surface area contributed by atoms with Gasteiger partial charge in [0.1, 0.15) is 12.0 Å². The molecule has 0 radical (unpaired) electrons. The van der Waals surface area contributed by atoms with E-state index in [0.717, 1.165) is 19.4 Å². The van der Waals surface area contributed by atoms with E-state index in [0.29, 0.717) is 6.54 Å². The Hall–Kier alpha value is -2.09. The van der Waals surface area contributed by atoms with Gasteiger partial charge in [0.25, 0.3) is 0 Å². The Kier molecular flexibility index (Phi) is 3.80. The second kappa shape index (κ2) is 5.70. The van der Waals surface area contributed by atoms with Crippen LogP contribution in [0.2, 0.25) is 0 Å². The summed E-state index contributed by atoms with van der Waals surface area (Å²) in [5.74, 6) is -2.73. The zero-order chi connectivity index (χ0) is 18.7. The van der Waals surface area contributed by atoms with Crippen molar-refractivity contribution in [1.82, 2.24) is 4.90 Å². The molecule has 1 aromatic rings. The number of rotatable bonds is 2. The number of aliphatic hydroxyl groups is 2. The number of esters is 1. The number of piperidine rings is 1. The second-order valence-corrected chi connectivity index (χ2v) is 7.46. The van der Waals surface area contributed by atoms with Crippen molar-refractivity contribution in [1.29, 1.82) is 0 Å². The van der Waals surface area contributed by atoms with Crippen LogP contribution in [0.25, 0.3) is 0 Å². The summed E-state index contributed by atoms with van der Waals surface area (Å²) in [6, 6.07) is 6.37. The molecule has 7 heteroatoms. The molecule has 0 bridgehead atoms. The van der Waals surface area contributed by atoms with Gasteiger partial charge in [0.05, 0.1) is 0 Å². The molecule has 138 valence electrons. The molecule has 0 saturated carbocycles. The minimum atomic E-state index is -2.36. The van der Waals surface area contributed by atoms with Crippen molar-refractivity contribution in [2.24, 2.45) is 10.9 Å². The zero-order valence-electron chi connectivity index (χ0n) is 14.8. The Bertz CT molecular complexity index is 822. The lowest BCUT2D eigenvalue weighted by Crippen LogP contribution is -2.57. The molecule has 1 aromatic carbocycles. The van der Waals surface area contributed by atoms with E-state index in [1.165, 1.54) is 13.0 Å². The van der Waals surface area contributed by atoms with Gasteiger partial charge in [0, 0.05) is 23.4 Å². The maximum absolute atomic E-state index is 12.9. The number of nitrogens with zero attached hydrogens (tertiary/aromatic N) is 2. The van der Waals surface area contributed by atoms with Crippen molar-refractivity contribution < 1.29 is 24.5 Å². The summed E-state index contributed by atoms with van der Waals surface area (Å²) in [6.45, 7) is 3.07. The van der Waals surface area contributed by atoms with Crippen LogP contribution in [0.1, 0.15) is 35.7 Å². The van der Waals surface area contributed by atoms with Crippen molar-refractivity contribution in [2.45, 2.75) is 37.2 Å². The van der Waals surface area contributed by atoms with E-state index in [-0.39, 0.29) is 22.9 Å². The first kappa shape index (κ1) is 17.3. The second-order valence-electron chi connectivity index (χ2n) is 7.46. The van der Waals surface area contributed by atoms with Gasteiger partial charge in [-0.1, -0.05) is 24.3 Å². The number of likely N-dealkylation sites (N-methyl/N-ethyl adjacent to an activating group) is 1. The number of Topliss-reactive ketones (excluding diaryl/α,β-unsaturated/α-hetero) is 1. The van der Waals surface area contributed by atoms with Crippen LogP contribution in [-0.2, 0) is 15.3 Å². The number of ether oxygens (including phenoxy) is 1. The summed E-state index contributed by atoms with van der Waals surface area (Å²) in [4.78, 5) is 32.0. The lowest BCUT2D eigenvalue weighted by Gasteiger charge is -2.34. The Labute approximate surface area is 151 Å². The van der Waals surface area contributed by atoms with Crippen LogP contribution in [0.3, 0.4) is 0 Å². The standard InChI is InChI=1S/C19H22N2O5/c1-11-15(17(23)26-12-6-5-9-21(2)10-12)18(24)16(22)13-7-3-4-8-14(13)19(18,25)20-11/h3-4,7-8,12,15,24-25H,5-6,9-10H2,1-2H3/t12-,15?,18-,19-/m1/s1. The van der Waals surface area contributed by atoms with Crippen molar-refractivity contribution in [2.75, 3.05) is 20.1 Å². The van der Waals surface area contributed by atoms with E-state index in [1.807, 2.05) is 7.05 Å². The van der Waals surface area contributed by atoms with E-state index in [4.69, 9.17) is 4.74 Å². The highest BCUT2D eigenvalue weighted by Gasteiger charge is 2.72. The highest BCUT2D eigenvalue weighted by Crippen LogP contribution is 2.53. The molecule has 2 heterocycles. The lowest BCUT2D eigenvalue weighted by molar-refractivity contribution is -0.171. The highest BCUT2D eigenvalue weighted by atomic mass is 16.5. The molecule has 0 spiro atoms. The van der Waals surface area contributed by atoms with E-state index in [1.54, 1.807) is 18.2 Å². The Balaban J connectivity index is 1.68. The maximum Gasteiger partial charge on any atom is 0.318 e. The van der Waals surface area contributed by atoms with Gasteiger partial charge in [0.2, 0.25) is 11.5 Å². The number of benzene rings is 1. The highest BCUT2D eigenvalue weighted by molar-refractivity contribution is 6.18. The molecule has 26 heavy (non-hydrogen) atoms. The molecule has 3 aliphatic rings. The fourth-order valence-corrected chi connectivity index (χ4v) is 4.44. The van der Waals surface area contributed by atoms with Crippen molar-refractivity contribution >= 4 is 17.5 Å². The number of aliphatic imine (C=N–C) groups is 1. The smallest absolute Gasteiger partial charge is 0.318 e. The van der Waals surface area contributed by atoms with Crippen molar-refractivity contribution in [3.05, 3.63) is 35.4 Å². The Morgan fingerprint density at radius 1 is 1.35 bits per heavy atom. The number of hydrogen-bond donors (Lipinski definition) is 2. The molecule has 0 amide bonds. The van der Waals surface area contributed by atoms with Gasteiger partial charge in [-0.2, -0.15) is 0 Å². The molecule has 1 fully saturated rings. The Morgan fingerprint density at radius 2 is 2.08 bits per heavy atom. The van der Waals surface area contributed by atoms with Crippen molar-refractivity contribution in [3.8, 4) is 0 Å². The maximum atomic E-state index is 12.9. The van der Waals surface area contributed by atoms with Crippen LogP contribution in [0.4, 0.5) is 0 Å². The summed E-state index contributed by atoms with van der Waals surface area (Å²) >= 11 is 0. The van der Waals surface area contributed by atoms with E-state index in [2.05, 4.69) is 9.89 Å².